The molecular formula is C13H25NO2. The second-order valence-corrected chi connectivity index (χ2v) is 6.10. The zero-order valence-corrected chi connectivity index (χ0v) is 11.0. The van der Waals surface area contributed by atoms with Crippen molar-refractivity contribution in [1.29, 1.82) is 0 Å². The van der Waals surface area contributed by atoms with Crippen LogP contribution in [0.1, 0.15) is 52.9 Å². The minimum absolute atomic E-state index is 0.0474. The second kappa shape index (κ2) is 4.74. The molecule has 0 radical (unpaired) electrons. The summed E-state index contributed by atoms with van der Waals surface area (Å²) in [7, 11) is 1.45. The van der Waals surface area contributed by atoms with Gasteiger partial charge >= 0.3 is 5.97 Å². The van der Waals surface area contributed by atoms with Gasteiger partial charge in [-0.3, -0.25) is 4.79 Å². The van der Waals surface area contributed by atoms with Crippen molar-refractivity contribution in [2.24, 2.45) is 16.6 Å². The summed E-state index contributed by atoms with van der Waals surface area (Å²) in [6, 6.07) is 0.0474. The summed E-state index contributed by atoms with van der Waals surface area (Å²) in [6.45, 7) is 6.55. The number of nitrogens with two attached hydrogens (primary N) is 1. The summed E-state index contributed by atoms with van der Waals surface area (Å²) < 4.78 is 4.80. The van der Waals surface area contributed by atoms with E-state index in [-0.39, 0.29) is 17.4 Å². The molecule has 0 aromatic heterocycles. The fourth-order valence-electron chi connectivity index (χ4n) is 3.11. The van der Waals surface area contributed by atoms with E-state index in [2.05, 4.69) is 13.8 Å². The molecule has 3 nitrogen and oxygen atoms in total. The fourth-order valence-corrected chi connectivity index (χ4v) is 3.11. The monoisotopic (exact) mass is 227 g/mol. The van der Waals surface area contributed by atoms with Crippen LogP contribution in [-0.2, 0) is 9.53 Å². The van der Waals surface area contributed by atoms with Gasteiger partial charge in [-0.2, -0.15) is 0 Å². The number of methoxy groups -OCH3 is 1. The zero-order chi connectivity index (χ0) is 12.4. The molecule has 0 aromatic carbocycles. The van der Waals surface area contributed by atoms with Gasteiger partial charge in [-0.15, -0.1) is 0 Å². The van der Waals surface area contributed by atoms with Crippen LogP contribution in [0.3, 0.4) is 0 Å². The van der Waals surface area contributed by atoms with E-state index in [1.165, 1.54) is 13.5 Å². The van der Waals surface area contributed by atoms with Gasteiger partial charge in [0, 0.05) is 6.04 Å². The number of esters is 1. The van der Waals surface area contributed by atoms with Gasteiger partial charge in [-0.1, -0.05) is 20.3 Å². The number of hydrogen-bond acceptors (Lipinski definition) is 3. The highest BCUT2D eigenvalue weighted by Gasteiger charge is 2.44. The highest BCUT2D eigenvalue weighted by atomic mass is 16.5. The Morgan fingerprint density at radius 1 is 1.44 bits per heavy atom. The SMILES string of the molecule is COC(=O)CC1(C(C)N)CCCC(C)(C)C1. The topological polar surface area (TPSA) is 52.3 Å². The van der Waals surface area contributed by atoms with Crippen LogP contribution in [0.15, 0.2) is 0 Å². The lowest BCUT2D eigenvalue weighted by Gasteiger charge is -2.47. The molecule has 1 aliphatic carbocycles. The largest absolute Gasteiger partial charge is 0.469 e. The van der Waals surface area contributed by atoms with Crippen LogP contribution in [0, 0.1) is 10.8 Å². The molecule has 94 valence electrons. The average Bonchev–Trinajstić information content (AvgIpc) is 2.15. The first-order chi connectivity index (χ1) is 7.31. The van der Waals surface area contributed by atoms with Gasteiger partial charge in [-0.25, -0.2) is 0 Å². The molecule has 0 saturated heterocycles. The highest BCUT2D eigenvalue weighted by molar-refractivity contribution is 5.70. The van der Waals surface area contributed by atoms with Gasteiger partial charge in [0.05, 0.1) is 13.5 Å². The normalized spacial score (nSPS) is 30.8. The number of carbonyl (C=O) groups excluding carboxylic acids is 1. The molecule has 0 aliphatic heterocycles. The lowest BCUT2D eigenvalue weighted by molar-refractivity contribution is -0.145. The molecule has 0 aromatic rings. The maximum absolute atomic E-state index is 11.5. The van der Waals surface area contributed by atoms with E-state index >= 15 is 0 Å². The van der Waals surface area contributed by atoms with Crippen LogP contribution in [-0.4, -0.2) is 19.1 Å². The van der Waals surface area contributed by atoms with Crippen molar-refractivity contribution < 1.29 is 9.53 Å². The molecule has 3 heteroatoms. The van der Waals surface area contributed by atoms with E-state index in [1.54, 1.807) is 0 Å². The Bertz CT molecular complexity index is 261. The lowest BCUT2D eigenvalue weighted by Crippen LogP contribution is -2.46. The van der Waals surface area contributed by atoms with Crippen molar-refractivity contribution in [3.8, 4) is 0 Å². The van der Waals surface area contributed by atoms with Crippen molar-refractivity contribution in [3.05, 3.63) is 0 Å². The van der Waals surface area contributed by atoms with E-state index < -0.39 is 0 Å². The second-order valence-electron chi connectivity index (χ2n) is 6.10. The molecule has 0 heterocycles. The molecule has 1 fully saturated rings. The Hall–Kier alpha value is -0.570. The molecular weight excluding hydrogens is 202 g/mol. The molecule has 0 amide bonds. The quantitative estimate of drug-likeness (QED) is 0.754. The Kier molecular flexibility index (Phi) is 4.00. The van der Waals surface area contributed by atoms with Gasteiger partial charge in [0.2, 0.25) is 0 Å². The smallest absolute Gasteiger partial charge is 0.306 e. The van der Waals surface area contributed by atoms with Crippen molar-refractivity contribution in [2.75, 3.05) is 7.11 Å². The molecule has 2 N–H and O–H groups in total. The van der Waals surface area contributed by atoms with Gasteiger partial charge in [-0.05, 0) is 37.0 Å². The van der Waals surface area contributed by atoms with Crippen LogP contribution in [0.5, 0.6) is 0 Å². The predicted molar refractivity (Wildman–Crippen MR) is 65.0 cm³/mol. The Labute approximate surface area is 98.7 Å². The minimum atomic E-state index is -0.130. The summed E-state index contributed by atoms with van der Waals surface area (Å²) in [6.07, 6.45) is 4.91. The van der Waals surface area contributed by atoms with E-state index in [9.17, 15) is 4.79 Å². The van der Waals surface area contributed by atoms with Gasteiger partial charge in [0.15, 0.2) is 0 Å². The maximum atomic E-state index is 11.5. The average molecular weight is 227 g/mol. The molecule has 2 unspecified atom stereocenters. The molecule has 1 saturated carbocycles. The van der Waals surface area contributed by atoms with Crippen LogP contribution in [0.2, 0.25) is 0 Å². The minimum Gasteiger partial charge on any atom is -0.469 e. The van der Waals surface area contributed by atoms with Gasteiger partial charge < -0.3 is 10.5 Å². The van der Waals surface area contributed by atoms with Crippen molar-refractivity contribution in [2.45, 2.75) is 58.9 Å². The predicted octanol–water partition coefficient (Wildman–Crippen LogP) is 2.48. The third kappa shape index (κ3) is 2.97. The Morgan fingerprint density at radius 2 is 2.06 bits per heavy atom. The van der Waals surface area contributed by atoms with Gasteiger partial charge in [0.1, 0.15) is 0 Å². The molecule has 1 rings (SSSR count). The summed E-state index contributed by atoms with van der Waals surface area (Å²) in [5.41, 5.74) is 6.35. The first-order valence-electron chi connectivity index (χ1n) is 6.14. The molecule has 0 spiro atoms. The van der Waals surface area contributed by atoms with E-state index in [0.29, 0.717) is 11.8 Å². The first-order valence-corrected chi connectivity index (χ1v) is 6.14. The summed E-state index contributed by atoms with van der Waals surface area (Å²) >= 11 is 0. The van der Waals surface area contributed by atoms with Crippen molar-refractivity contribution >= 4 is 5.97 Å². The standard InChI is InChI=1S/C13H25NO2/c1-10(14)13(8-11(15)16-4)7-5-6-12(2,3)9-13/h10H,5-9,14H2,1-4H3. The highest BCUT2D eigenvalue weighted by Crippen LogP contribution is 2.49. The first kappa shape index (κ1) is 13.5. The fraction of sp³-hybridized carbons (Fsp3) is 0.923. The number of carbonyl (C=O) groups is 1. The van der Waals surface area contributed by atoms with E-state index in [1.807, 2.05) is 6.92 Å². The number of rotatable bonds is 3. The summed E-state index contributed by atoms with van der Waals surface area (Å²) in [4.78, 5) is 11.5. The van der Waals surface area contributed by atoms with Gasteiger partial charge in [0.25, 0.3) is 0 Å². The maximum Gasteiger partial charge on any atom is 0.306 e. The van der Waals surface area contributed by atoms with Crippen LogP contribution >= 0.6 is 0 Å². The lowest BCUT2D eigenvalue weighted by atomic mass is 9.59. The van der Waals surface area contributed by atoms with Crippen LogP contribution in [0.25, 0.3) is 0 Å². The summed E-state index contributed by atoms with van der Waals surface area (Å²) in [5, 5.41) is 0. The van der Waals surface area contributed by atoms with E-state index in [4.69, 9.17) is 10.5 Å². The van der Waals surface area contributed by atoms with Crippen molar-refractivity contribution in [1.82, 2.24) is 0 Å². The Balaban J connectivity index is 2.84. The number of hydrogen-bond donors (Lipinski definition) is 1. The zero-order valence-electron chi connectivity index (χ0n) is 11.0. The Morgan fingerprint density at radius 3 is 2.50 bits per heavy atom. The van der Waals surface area contributed by atoms with Crippen molar-refractivity contribution in [3.63, 3.8) is 0 Å². The van der Waals surface area contributed by atoms with Crippen LogP contribution in [0.4, 0.5) is 0 Å². The number of ether oxygens (including phenoxy) is 1. The molecule has 2 atom stereocenters. The van der Waals surface area contributed by atoms with Crippen LogP contribution < -0.4 is 5.73 Å². The third-order valence-corrected chi connectivity index (χ3v) is 4.05. The molecule has 0 bridgehead atoms. The third-order valence-electron chi connectivity index (χ3n) is 4.05. The molecule has 16 heavy (non-hydrogen) atoms. The molecule has 1 aliphatic rings. The summed E-state index contributed by atoms with van der Waals surface area (Å²) in [5.74, 6) is -0.130. The van der Waals surface area contributed by atoms with E-state index in [0.717, 1.165) is 19.3 Å².